The number of aromatic amines is 1. The summed E-state index contributed by atoms with van der Waals surface area (Å²) in [4.78, 5) is 79.7. The number of amides is 5. The highest BCUT2D eigenvalue weighted by Crippen LogP contribution is 2.24. The van der Waals surface area contributed by atoms with Crippen LogP contribution in [-0.2, 0) is 49.8 Å². The summed E-state index contributed by atoms with van der Waals surface area (Å²) in [6.07, 6.45) is 2.56. The summed E-state index contributed by atoms with van der Waals surface area (Å²) >= 11 is 1.33. The smallest absolute Gasteiger partial charge is 0.243 e. The molecule has 0 bridgehead atoms. The first-order valence-corrected chi connectivity index (χ1v) is 17.5. The number of aliphatic imine (C=N–C) groups is 1. The molecule has 0 radical (unpaired) electrons. The van der Waals surface area contributed by atoms with Crippen molar-refractivity contribution in [1.82, 2.24) is 30.8 Å². The van der Waals surface area contributed by atoms with Gasteiger partial charge >= 0.3 is 0 Å². The Morgan fingerprint density at radius 1 is 0.941 bits per heavy atom. The van der Waals surface area contributed by atoms with Gasteiger partial charge in [-0.25, -0.2) is 4.98 Å². The lowest BCUT2D eigenvalue weighted by atomic mass is 9.93. The molecule has 4 atom stereocenters. The van der Waals surface area contributed by atoms with E-state index >= 15 is 0 Å². The van der Waals surface area contributed by atoms with Crippen LogP contribution in [0.3, 0.4) is 0 Å². The first-order valence-electron chi connectivity index (χ1n) is 16.5. The van der Waals surface area contributed by atoms with Crippen LogP contribution in [0.4, 0.5) is 0 Å². The van der Waals surface area contributed by atoms with E-state index in [9.17, 15) is 24.0 Å². The summed E-state index contributed by atoms with van der Waals surface area (Å²) in [5.41, 5.74) is 22.4. The van der Waals surface area contributed by atoms with Gasteiger partial charge in [0, 0.05) is 61.8 Å². The molecule has 1 aliphatic rings. The van der Waals surface area contributed by atoms with E-state index in [0.717, 1.165) is 27.6 Å². The largest absolute Gasteiger partial charge is 0.370 e. The Morgan fingerprint density at radius 2 is 1.65 bits per heavy atom. The molecular weight excluding hydrogens is 673 g/mol. The molecule has 5 amide bonds. The van der Waals surface area contributed by atoms with Crippen LogP contribution in [0, 0.1) is 0 Å². The van der Waals surface area contributed by atoms with Crippen molar-refractivity contribution >= 4 is 57.7 Å². The molecule has 0 aliphatic carbocycles. The number of hydrogen-bond acceptors (Lipinski definition) is 8. The Balaban J connectivity index is 1.35. The number of carbonyl (C=O) groups excluding carboxylic acids is 5. The minimum Gasteiger partial charge on any atom is -0.370 e. The van der Waals surface area contributed by atoms with Crippen LogP contribution in [0.25, 0.3) is 10.9 Å². The third kappa shape index (κ3) is 9.48. The number of guanidine groups is 1. The van der Waals surface area contributed by atoms with E-state index in [4.69, 9.17) is 17.2 Å². The van der Waals surface area contributed by atoms with Crippen LogP contribution >= 0.6 is 11.3 Å². The van der Waals surface area contributed by atoms with Gasteiger partial charge in [-0.15, -0.1) is 11.3 Å². The Kier molecular flexibility index (Phi) is 12.0. The molecule has 15 nitrogen and oxygen atoms in total. The average molecular weight is 715 g/mol. The zero-order chi connectivity index (χ0) is 36.5. The van der Waals surface area contributed by atoms with Gasteiger partial charge in [-0.1, -0.05) is 42.5 Å². The normalized spacial score (nSPS) is 15.5. The fourth-order valence-electron chi connectivity index (χ4n) is 6.17. The standard InChI is InChI=1S/C35H42N10O5S/c1-20(46)45-17-22-8-3-2-7-21(22)14-30(45)34(50)44-29(15-24-18-51-19-41-24)33(49)42-27(11-6-12-39-35(37)38)32(48)43-28(31(36)47)13-23-16-40-26-10-5-4-9-25(23)26/h2-5,7-10,16,18-19,27-30,40H,6,11-15,17H2,1H3,(H2,36,47)(H,42,49)(H,43,48)(H,44,50)(H4,37,38,39)/t27-,28-,29?,30-/m0/s1. The highest BCUT2D eigenvalue weighted by molar-refractivity contribution is 7.07. The summed E-state index contributed by atoms with van der Waals surface area (Å²) in [7, 11) is 0. The van der Waals surface area contributed by atoms with Gasteiger partial charge in [-0.3, -0.25) is 29.0 Å². The van der Waals surface area contributed by atoms with Crippen LogP contribution in [0.5, 0.6) is 0 Å². The molecule has 5 rings (SSSR count). The summed E-state index contributed by atoms with van der Waals surface area (Å²) in [6.45, 7) is 1.83. The number of nitrogens with two attached hydrogens (primary N) is 3. The maximum Gasteiger partial charge on any atom is 0.243 e. The number of fused-ring (bicyclic) bond motifs is 2. The van der Waals surface area contributed by atoms with Crippen molar-refractivity contribution < 1.29 is 24.0 Å². The minimum atomic E-state index is -1.16. The number of primary amides is 1. The van der Waals surface area contributed by atoms with Crippen LogP contribution in [0.2, 0.25) is 0 Å². The van der Waals surface area contributed by atoms with Crippen LogP contribution in [0.15, 0.2) is 70.6 Å². The fraction of sp³-hybridized carbons (Fsp3) is 0.343. The third-order valence-corrected chi connectivity index (χ3v) is 9.46. The minimum absolute atomic E-state index is 0.0251. The molecule has 1 unspecified atom stereocenters. The van der Waals surface area contributed by atoms with E-state index in [1.54, 1.807) is 17.1 Å². The first kappa shape index (κ1) is 36.5. The Bertz CT molecular complexity index is 1910. The zero-order valence-electron chi connectivity index (χ0n) is 28.1. The average Bonchev–Trinajstić information content (AvgIpc) is 3.78. The second-order valence-corrected chi connectivity index (χ2v) is 13.1. The number of H-pyrrole nitrogens is 1. The topological polar surface area (TPSA) is 244 Å². The molecule has 1 aliphatic heterocycles. The lowest BCUT2D eigenvalue weighted by molar-refractivity contribution is -0.141. The zero-order valence-corrected chi connectivity index (χ0v) is 28.9. The molecule has 0 saturated heterocycles. The molecular formula is C35H42N10O5S. The fourth-order valence-corrected chi connectivity index (χ4v) is 6.74. The number of nitrogens with zero attached hydrogens (tertiary/aromatic N) is 3. The molecule has 51 heavy (non-hydrogen) atoms. The SMILES string of the molecule is CC(=O)N1Cc2ccccc2C[C@H]1C(=O)NC(Cc1cscn1)C(=O)N[C@@H](CCCN=C(N)N)C(=O)N[C@@H](Cc1c[nH]c2ccccc12)C(N)=O. The summed E-state index contributed by atoms with van der Waals surface area (Å²) in [5, 5.41) is 10.9. The van der Waals surface area contributed by atoms with E-state index in [1.165, 1.54) is 23.2 Å². The lowest BCUT2D eigenvalue weighted by Gasteiger charge is -2.36. The van der Waals surface area contributed by atoms with Crippen LogP contribution in [-0.4, -0.2) is 81.1 Å². The summed E-state index contributed by atoms with van der Waals surface area (Å²) in [5.74, 6) is -2.98. The number of aromatic nitrogens is 2. The van der Waals surface area contributed by atoms with E-state index in [2.05, 4.69) is 30.9 Å². The predicted molar refractivity (Wildman–Crippen MR) is 193 cm³/mol. The van der Waals surface area contributed by atoms with E-state index in [0.29, 0.717) is 12.1 Å². The number of nitrogens with one attached hydrogen (secondary N) is 4. The Morgan fingerprint density at radius 3 is 2.35 bits per heavy atom. The molecule has 2 aromatic carbocycles. The van der Waals surface area contributed by atoms with Crippen molar-refractivity contribution in [3.8, 4) is 0 Å². The molecule has 268 valence electrons. The van der Waals surface area contributed by atoms with Crippen molar-refractivity contribution in [2.75, 3.05) is 6.54 Å². The van der Waals surface area contributed by atoms with Crippen molar-refractivity contribution in [2.24, 2.45) is 22.2 Å². The summed E-state index contributed by atoms with van der Waals surface area (Å²) < 4.78 is 0. The van der Waals surface area contributed by atoms with Crippen molar-refractivity contribution in [1.29, 1.82) is 0 Å². The molecule has 10 N–H and O–H groups in total. The third-order valence-electron chi connectivity index (χ3n) is 8.82. The van der Waals surface area contributed by atoms with Crippen molar-refractivity contribution in [3.05, 3.63) is 88.0 Å². The Hall–Kier alpha value is -5.77. The van der Waals surface area contributed by atoms with Crippen LogP contribution in [0.1, 0.15) is 42.1 Å². The number of thiazole rings is 1. The number of carbonyl (C=O) groups is 5. The van der Waals surface area contributed by atoms with E-state index in [1.807, 2.05) is 48.5 Å². The Labute approximate surface area is 298 Å². The van der Waals surface area contributed by atoms with Gasteiger partial charge in [0.05, 0.1) is 11.2 Å². The number of para-hydroxylation sites is 1. The maximum atomic E-state index is 14.0. The van der Waals surface area contributed by atoms with Gasteiger partial charge in [-0.2, -0.15) is 0 Å². The van der Waals surface area contributed by atoms with Gasteiger partial charge < -0.3 is 43.0 Å². The summed E-state index contributed by atoms with van der Waals surface area (Å²) in [6, 6.07) is 10.9. The van der Waals surface area contributed by atoms with Gasteiger partial charge in [-0.05, 0) is 35.6 Å². The van der Waals surface area contributed by atoms with Crippen LogP contribution < -0.4 is 33.2 Å². The molecule has 16 heteroatoms. The lowest BCUT2D eigenvalue weighted by Crippen LogP contribution is -2.59. The van der Waals surface area contributed by atoms with Gasteiger partial charge in [0.2, 0.25) is 29.5 Å². The number of hydrogen-bond donors (Lipinski definition) is 7. The molecule has 2 aromatic heterocycles. The predicted octanol–water partition coefficient (Wildman–Crippen LogP) is 0.376. The molecule has 3 heterocycles. The second-order valence-electron chi connectivity index (χ2n) is 12.4. The van der Waals surface area contributed by atoms with Gasteiger partial charge in [0.25, 0.3) is 0 Å². The molecule has 0 saturated carbocycles. The van der Waals surface area contributed by atoms with Gasteiger partial charge in [0.1, 0.15) is 24.2 Å². The highest BCUT2D eigenvalue weighted by atomic mass is 32.1. The first-order chi connectivity index (χ1) is 24.5. The van der Waals surface area contributed by atoms with Crippen molar-refractivity contribution in [2.45, 2.75) is 69.7 Å². The maximum absolute atomic E-state index is 14.0. The molecule has 0 spiro atoms. The van der Waals surface area contributed by atoms with E-state index < -0.39 is 47.8 Å². The quantitative estimate of drug-likeness (QED) is 0.0514. The number of benzene rings is 2. The van der Waals surface area contributed by atoms with Crippen molar-refractivity contribution in [3.63, 3.8) is 0 Å². The molecule has 0 fully saturated rings. The van der Waals surface area contributed by atoms with E-state index in [-0.39, 0.29) is 50.6 Å². The van der Waals surface area contributed by atoms with Gasteiger partial charge in [0.15, 0.2) is 5.96 Å². The monoisotopic (exact) mass is 714 g/mol. The molecule has 4 aromatic rings. The second kappa shape index (κ2) is 16.8. The number of rotatable bonds is 15. The highest BCUT2D eigenvalue weighted by Gasteiger charge is 2.36.